The Kier molecular flexibility index (Phi) is 3.13. The number of rotatable bonds is 3. The summed E-state index contributed by atoms with van der Waals surface area (Å²) in [5.41, 5.74) is 9.14. The number of methoxy groups -OCH3 is 1. The van der Waals surface area contributed by atoms with Crippen molar-refractivity contribution in [3.8, 4) is 17.2 Å². The molecule has 0 saturated heterocycles. The third-order valence-electron chi connectivity index (χ3n) is 3.34. The van der Waals surface area contributed by atoms with Gasteiger partial charge in [0.15, 0.2) is 0 Å². The highest BCUT2D eigenvalue weighted by molar-refractivity contribution is 5.76. The van der Waals surface area contributed by atoms with Crippen LogP contribution in [0.4, 0.5) is 5.69 Å². The summed E-state index contributed by atoms with van der Waals surface area (Å²) < 4.78 is 12.9. The lowest BCUT2D eigenvalue weighted by Gasteiger charge is -2.12. The van der Waals surface area contributed by atoms with Crippen LogP contribution in [-0.4, -0.2) is 22.1 Å². The zero-order valence-corrected chi connectivity index (χ0v) is 12.1. The third-order valence-corrected chi connectivity index (χ3v) is 3.34. The Morgan fingerprint density at radius 3 is 2.71 bits per heavy atom. The molecule has 6 heteroatoms. The fourth-order valence-electron chi connectivity index (χ4n) is 2.19. The molecule has 0 radical (unpaired) electrons. The Morgan fingerprint density at radius 2 is 1.95 bits per heavy atom. The van der Waals surface area contributed by atoms with Gasteiger partial charge in [-0.05, 0) is 30.7 Å². The number of ether oxygens (including phenoxy) is 2. The second-order valence-electron chi connectivity index (χ2n) is 4.83. The second kappa shape index (κ2) is 4.97. The van der Waals surface area contributed by atoms with Crippen LogP contribution in [0.1, 0.15) is 5.56 Å². The van der Waals surface area contributed by atoms with E-state index in [2.05, 4.69) is 10.3 Å². The number of benzene rings is 2. The highest BCUT2D eigenvalue weighted by Gasteiger charge is 2.09. The van der Waals surface area contributed by atoms with Gasteiger partial charge in [-0.1, -0.05) is 5.21 Å². The summed E-state index contributed by atoms with van der Waals surface area (Å²) in [6, 6.07) is 9.27. The smallest absolute Gasteiger partial charge is 0.145 e. The lowest BCUT2D eigenvalue weighted by atomic mass is 10.2. The molecule has 3 aromatic rings. The molecule has 0 saturated carbocycles. The lowest BCUT2D eigenvalue weighted by molar-refractivity contribution is 0.410. The number of hydrogen-bond acceptors (Lipinski definition) is 5. The van der Waals surface area contributed by atoms with Gasteiger partial charge in [-0.15, -0.1) is 5.10 Å². The van der Waals surface area contributed by atoms with Crippen LogP contribution in [0.25, 0.3) is 11.0 Å². The second-order valence-corrected chi connectivity index (χ2v) is 4.83. The molecule has 0 aliphatic rings. The molecule has 0 fully saturated rings. The maximum absolute atomic E-state index is 5.91. The summed E-state index contributed by atoms with van der Waals surface area (Å²) in [7, 11) is 3.43. The standard InChI is InChI=1S/C15H16N4O2/c1-9-6-11(16)15(20-3)8-14(9)21-10-4-5-13-12(7-10)17-18-19(13)2/h4-8H,16H2,1-3H3. The van der Waals surface area contributed by atoms with Crippen LogP contribution in [0.5, 0.6) is 17.2 Å². The van der Waals surface area contributed by atoms with Crippen LogP contribution >= 0.6 is 0 Å². The van der Waals surface area contributed by atoms with Crippen molar-refractivity contribution in [2.24, 2.45) is 7.05 Å². The van der Waals surface area contributed by atoms with Crippen molar-refractivity contribution in [1.29, 1.82) is 0 Å². The topological polar surface area (TPSA) is 75.2 Å². The van der Waals surface area contributed by atoms with Crippen LogP contribution < -0.4 is 15.2 Å². The first-order valence-electron chi connectivity index (χ1n) is 6.50. The molecule has 0 bridgehead atoms. The molecular formula is C15H16N4O2. The van der Waals surface area contributed by atoms with Gasteiger partial charge in [-0.2, -0.15) is 0 Å². The normalized spacial score (nSPS) is 10.8. The summed E-state index contributed by atoms with van der Waals surface area (Å²) in [5, 5.41) is 8.05. The maximum Gasteiger partial charge on any atom is 0.145 e. The highest BCUT2D eigenvalue weighted by Crippen LogP contribution is 2.33. The zero-order valence-electron chi connectivity index (χ0n) is 12.1. The molecule has 2 N–H and O–H groups in total. The van der Waals surface area contributed by atoms with E-state index in [4.69, 9.17) is 15.2 Å². The van der Waals surface area contributed by atoms with Gasteiger partial charge >= 0.3 is 0 Å². The molecular weight excluding hydrogens is 268 g/mol. The molecule has 3 rings (SSSR count). The first-order valence-corrected chi connectivity index (χ1v) is 6.50. The number of nitrogens with two attached hydrogens (primary N) is 1. The maximum atomic E-state index is 5.91. The van der Waals surface area contributed by atoms with Gasteiger partial charge in [0, 0.05) is 19.2 Å². The van der Waals surface area contributed by atoms with Crippen molar-refractivity contribution in [2.45, 2.75) is 6.92 Å². The molecule has 2 aromatic carbocycles. The molecule has 1 heterocycles. The van der Waals surface area contributed by atoms with Gasteiger partial charge in [0.25, 0.3) is 0 Å². The quantitative estimate of drug-likeness (QED) is 0.748. The van der Waals surface area contributed by atoms with E-state index in [1.165, 1.54) is 0 Å². The molecule has 0 unspecified atom stereocenters. The monoisotopic (exact) mass is 284 g/mol. The summed E-state index contributed by atoms with van der Waals surface area (Å²) in [5.74, 6) is 1.98. The van der Waals surface area contributed by atoms with Gasteiger partial charge < -0.3 is 15.2 Å². The SMILES string of the molecule is COc1cc(Oc2ccc3c(c2)nnn3C)c(C)cc1N. The Hall–Kier alpha value is -2.76. The molecule has 108 valence electrons. The van der Waals surface area contributed by atoms with E-state index in [0.29, 0.717) is 22.9 Å². The molecule has 0 atom stereocenters. The summed E-state index contributed by atoms with van der Waals surface area (Å²) in [6.45, 7) is 1.94. The van der Waals surface area contributed by atoms with Crippen molar-refractivity contribution < 1.29 is 9.47 Å². The van der Waals surface area contributed by atoms with Gasteiger partial charge in [0.1, 0.15) is 22.8 Å². The van der Waals surface area contributed by atoms with E-state index in [-0.39, 0.29) is 0 Å². The Bertz CT molecular complexity index is 811. The third kappa shape index (κ3) is 2.35. The van der Waals surface area contributed by atoms with Crippen molar-refractivity contribution >= 4 is 16.7 Å². The number of aryl methyl sites for hydroxylation is 2. The highest BCUT2D eigenvalue weighted by atomic mass is 16.5. The average Bonchev–Trinajstić information content (AvgIpc) is 2.83. The number of aromatic nitrogens is 3. The predicted octanol–water partition coefficient (Wildman–Crippen LogP) is 2.66. The van der Waals surface area contributed by atoms with Crippen molar-refractivity contribution in [3.63, 3.8) is 0 Å². The summed E-state index contributed by atoms with van der Waals surface area (Å²) in [4.78, 5) is 0. The van der Waals surface area contributed by atoms with Crippen LogP contribution in [0, 0.1) is 6.92 Å². The van der Waals surface area contributed by atoms with Gasteiger partial charge in [-0.3, -0.25) is 0 Å². The Balaban J connectivity index is 1.98. The molecule has 0 aliphatic heterocycles. The predicted molar refractivity (Wildman–Crippen MR) is 80.7 cm³/mol. The molecule has 0 spiro atoms. The molecule has 1 aromatic heterocycles. The van der Waals surface area contributed by atoms with Crippen LogP contribution in [0.3, 0.4) is 0 Å². The summed E-state index contributed by atoms with van der Waals surface area (Å²) >= 11 is 0. The molecule has 0 aliphatic carbocycles. The number of nitrogens with zero attached hydrogens (tertiary/aromatic N) is 3. The van der Waals surface area contributed by atoms with E-state index in [0.717, 1.165) is 16.6 Å². The van der Waals surface area contributed by atoms with Crippen molar-refractivity contribution in [1.82, 2.24) is 15.0 Å². The fraction of sp³-hybridized carbons (Fsp3) is 0.200. The molecule has 21 heavy (non-hydrogen) atoms. The van der Waals surface area contributed by atoms with Crippen LogP contribution in [0.15, 0.2) is 30.3 Å². The van der Waals surface area contributed by atoms with E-state index in [1.807, 2.05) is 38.2 Å². The molecule has 6 nitrogen and oxygen atoms in total. The number of nitrogen functional groups attached to an aromatic ring is 1. The fourth-order valence-corrected chi connectivity index (χ4v) is 2.19. The minimum absolute atomic E-state index is 0.590. The molecule has 0 amide bonds. The number of fused-ring (bicyclic) bond motifs is 1. The number of hydrogen-bond donors (Lipinski definition) is 1. The largest absolute Gasteiger partial charge is 0.494 e. The van der Waals surface area contributed by atoms with Crippen molar-refractivity contribution in [3.05, 3.63) is 35.9 Å². The number of anilines is 1. The van der Waals surface area contributed by atoms with Crippen molar-refractivity contribution in [2.75, 3.05) is 12.8 Å². The van der Waals surface area contributed by atoms with E-state index < -0.39 is 0 Å². The lowest BCUT2D eigenvalue weighted by Crippen LogP contribution is -1.95. The van der Waals surface area contributed by atoms with Gasteiger partial charge in [0.2, 0.25) is 0 Å². The minimum Gasteiger partial charge on any atom is -0.494 e. The van der Waals surface area contributed by atoms with E-state index >= 15 is 0 Å². The average molecular weight is 284 g/mol. The summed E-state index contributed by atoms with van der Waals surface area (Å²) in [6.07, 6.45) is 0. The first-order chi connectivity index (χ1) is 10.1. The Labute approximate surface area is 122 Å². The minimum atomic E-state index is 0.590. The van der Waals surface area contributed by atoms with Gasteiger partial charge in [-0.25, -0.2) is 4.68 Å². The Morgan fingerprint density at radius 1 is 1.14 bits per heavy atom. The van der Waals surface area contributed by atoms with Crippen LogP contribution in [-0.2, 0) is 7.05 Å². The first kappa shape index (κ1) is 13.2. The van der Waals surface area contributed by atoms with Gasteiger partial charge in [0.05, 0.1) is 18.3 Å². The zero-order chi connectivity index (χ0) is 15.0. The van der Waals surface area contributed by atoms with Crippen LogP contribution in [0.2, 0.25) is 0 Å². The van der Waals surface area contributed by atoms with E-state index in [9.17, 15) is 0 Å². The van der Waals surface area contributed by atoms with E-state index in [1.54, 1.807) is 17.9 Å².